The van der Waals surface area contributed by atoms with Gasteiger partial charge in [-0.2, -0.15) is 0 Å². The third-order valence-corrected chi connectivity index (χ3v) is 2.55. The van der Waals surface area contributed by atoms with Crippen molar-refractivity contribution in [2.75, 3.05) is 17.7 Å². The molecule has 0 aliphatic heterocycles. The quantitative estimate of drug-likeness (QED) is 0.672. The molecule has 1 aromatic carbocycles. The lowest BCUT2D eigenvalue weighted by Crippen LogP contribution is -2.45. The number of carbonyl (C=O) groups excluding carboxylic acids is 1. The summed E-state index contributed by atoms with van der Waals surface area (Å²) in [7, 11) is 0. The second kappa shape index (κ2) is 5.62. The first-order valence-electron chi connectivity index (χ1n) is 5.97. The monoisotopic (exact) mass is 251 g/mol. The molecule has 0 spiro atoms. The fraction of sp³-hybridized carbons (Fsp3) is 0.462. The first-order chi connectivity index (χ1) is 8.36. The van der Waals surface area contributed by atoms with E-state index in [1.807, 2.05) is 6.92 Å². The molecule has 1 aromatic rings. The lowest BCUT2D eigenvalue weighted by atomic mass is 10.0. The van der Waals surface area contributed by atoms with Crippen molar-refractivity contribution >= 4 is 17.3 Å². The van der Waals surface area contributed by atoms with Crippen molar-refractivity contribution in [3.8, 4) is 5.75 Å². The summed E-state index contributed by atoms with van der Waals surface area (Å²) in [6.45, 7) is 6.07. The van der Waals surface area contributed by atoms with Crippen LogP contribution in [0, 0.1) is 0 Å². The standard InChI is InChI=1S/C13H21N3O2/c1-4-7-18-11-8-9(5-6-10(11)14)16-13(2,3)12(15)17/h5-6,8,16H,4,7,14H2,1-3H3,(H2,15,17). The van der Waals surface area contributed by atoms with Crippen LogP contribution in [-0.4, -0.2) is 18.1 Å². The summed E-state index contributed by atoms with van der Waals surface area (Å²) in [5.74, 6) is 0.192. The minimum atomic E-state index is -0.821. The topological polar surface area (TPSA) is 90.4 Å². The van der Waals surface area contributed by atoms with Crippen LogP contribution in [0.1, 0.15) is 27.2 Å². The fourth-order valence-electron chi connectivity index (χ4n) is 1.37. The maximum Gasteiger partial charge on any atom is 0.242 e. The Hall–Kier alpha value is -1.91. The average Bonchev–Trinajstić information content (AvgIpc) is 2.29. The lowest BCUT2D eigenvalue weighted by molar-refractivity contribution is -0.121. The number of hydrogen-bond acceptors (Lipinski definition) is 4. The Kier molecular flexibility index (Phi) is 4.42. The number of primary amides is 1. The van der Waals surface area contributed by atoms with Crippen LogP contribution in [0.25, 0.3) is 0 Å². The van der Waals surface area contributed by atoms with Gasteiger partial charge in [0, 0.05) is 11.8 Å². The van der Waals surface area contributed by atoms with Gasteiger partial charge in [-0.25, -0.2) is 0 Å². The minimum Gasteiger partial charge on any atom is -0.491 e. The molecule has 0 radical (unpaired) electrons. The van der Waals surface area contributed by atoms with E-state index in [4.69, 9.17) is 16.2 Å². The molecule has 0 bridgehead atoms. The summed E-state index contributed by atoms with van der Waals surface area (Å²) in [5.41, 5.74) is 11.6. The molecule has 0 fully saturated rings. The van der Waals surface area contributed by atoms with Gasteiger partial charge in [0.05, 0.1) is 12.3 Å². The number of nitrogens with two attached hydrogens (primary N) is 2. The number of rotatable bonds is 6. The van der Waals surface area contributed by atoms with Crippen LogP contribution >= 0.6 is 0 Å². The van der Waals surface area contributed by atoms with E-state index < -0.39 is 11.4 Å². The van der Waals surface area contributed by atoms with E-state index in [1.165, 1.54) is 0 Å². The molecule has 18 heavy (non-hydrogen) atoms. The molecule has 100 valence electrons. The Morgan fingerprint density at radius 2 is 2.11 bits per heavy atom. The molecule has 1 amide bonds. The number of anilines is 2. The summed E-state index contributed by atoms with van der Waals surface area (Å²) >= 11 is 0. The third kappa shape index (κ3) is 3.55. The highest BCUT2D eigenvalue weighted by molar-refractivity contribution is 5.87. The van der Waals surface area contributed by atoms with Crippen LogP contribution in [0.2, 0.25) is 0 Å². The Morgan fingerprint density at radius 3 is 2.67 bits per heavy atom. The summed E-state index contributed by atoms with van der Waals surface area (Å²) in [5, 5.41) is 3.05. The Labute approximate surface area is 107 Å². The summed E-state index contributed by atoms with van der Waals surface area (Å²) < 4.78 is 5.52. The van der Waals surface area contributed by atoms with Crippen molar-refractivity contribution in [3.05, 3.63) is 18.2 Å². The third-order valence-electron chi connectivity index (χ3n) is 2.55. The second-order valence-corrected chi connectivity index (χ2v) is 4.72. The average molecular weight is 251 g/mol. The zero-order valence-electron chi connectivity index (χ0n) is 11.1. The molecule has 0 atom stereocenters. The van der Waals surface area contributed by atoms with Crippen LogP contribution in [0.4, 0.5) is 11.4 Å². The zero-order valence-corrected chi connectivity index (χ0v) is 11.1. The predicted molar refractivity (Wildman–Crippen MR) is 73.5 cm³/mol. The molecular weight excluding hydrogens is 230 g/mol. The number of carbonyl (C=O) groups is 1. The van der Waals surface area contributed by atoms with Gasteiger partial charge in [0.2, 0.25) is 5.91 Å². The van der Waals surface area contributed by atoms with Crippen molar-refractivity contribution in [1.82, 2.24) is 0 Å². The molecule has 0 aliphatic carbocycles. The van der Waals surface area contributed by atoms with Gasteiger partial charge >= 0.3 is 0 Å². The molecule has 0 heterocycles. The maximum absolute atomic E-state index is 11.3. The highest BCUT2D eigenvalue weighted by Crippen LogP contribution is 2.27. The van der Waals surface area contributed by atoms with E-state index in [-0.39, 0.29) is 0 Å². The molecule has 1 rings (SSSR count). The van der Waals surface area contributed by atoms with Gasteiger partial charge in [-0.15, -0.1) is 0 Å². The first kappa shape index (κ1) is 14.2. The fourth-order valence-corrected chi connectivity index (χ4v) is 1.37. The SMILES string of the molecule is CCCOc1cc(NC(C)(C)C(N)=O)ccc1N. The molecule has 5 heteroatoms. The van der Waals surface area contributed by atoms with Crippen LogP contribution in [0.3, 0.4) is 0 Å². The van der Waals surface area contributed by atoms with E-state index in [2.05, 4.69) is 5.32 Å². The zero-order chi connectivity index (χ0) is 13.8. The molecule has 0 aliphatic rings. The van der Waals surface area contributed by atoms with Crippen molar-refractivity contribution in [2.24, 2.45) is 5.73 Å². The summed E-state index contributed by atoms with van der Waals surface area (Å²) in [6, 6.07) is 5.30. The summed E-state index contributed by atoms with van der Waals surface area (Å²) in [6.07, 6.45) is 0.907. The van der Waals surface area contributed by atoms with E-state index in [0.717, 1.165) is 12.1 Å². The molecule has 0 aromatic heterocycles. The highest BCUT2D eigenvalue weighted by Gasteiger charge is 2.24. The van der Waals surface area contributed by atoms with Crippen LogP contribution in [0.5, 0.6) is 5.75 Å². The van der Waals surface area contributed by atoms with Gasteiger partial charge in [-0.05, 0) is 32.4 Å². The number of nitrogen functional groups attached to an aromatic ring is 1. The second-order valence-electron chi connectivity index (χ2n) is 4.72. The molecular formula is C13H21N3O2. The van der Waals surface area contributed by atoms with Gasteiger partial charge in [-0.1, -0.05) is 6.92 Å². The van der Waals surface area contributed by atoms with E-state index in [1.54, 1.807) is 32.0 Å². The van der Waals surface area contributed by atoms with E-state index >= 15 is 0 Å². The Morgan fingerprint density at radius 1 is 1.44 bits per heavy atom. The molecule has 0 saturated carbocycles. The maximum atomic E-state index is 11.3. The van der Waals surface area contributed by atoms with E-state index in [9.17, 15) is 4.79 Å². The van der Waals surface area contributed by atoms with Gasteiger partial charge in [0.15, 0.2) is 0 Å². The van der Waals surface area contributed by atoms with Crippen LogP contribution < -0.4 is 21.5 Å². The van der Waals surface area contributed by atoms with Crippen LogP contribution in [-0.2, 0) is 4.79 Å². The van der Waals surface area contributed by atoms with Crippen molar-refractivity contribution in [3.63, 3.8) is 0 Å². The van der Waals surface area contributed by atoms with Crippen LogP contribution in [0.15, 0.2) is 18.2 Å². The smallest absolute Gasteiger partial charge is 0.242 e. The minimum absolute atomic E-state index is 0.421. The predicted octanol–water partition coefficient (Wildman–Crippen LogP) is 1.73. The first-order valence-corrected chi connectivity index (χ1v) is 5.97. The number of hydrogen-bond donors (Lipinski definition) is 3. The van der Waals surface area contributed by atoms with Gasteiger partial charge in [-0.3, -0.25) is 4.79 Å². The van der Waals surface area contributed by atoms with Gasteiger partial charge < -0.3 is 21.5 Å². The number of ether oxygens (including phenoxy) is 1. The van der Waals surface area contributed by atoms with Crippen molar-refractivity contribution < 1.29 is 9.53 Å². The number of amides is 1. The number of nitrogens with one attached hydrogen (secondary N) is 1. The van der Waals surface area contributed by atoms with Gasteiger partial charge in [0.1, 0.15) is 11.3 Å². The molecule has 0 saturated heterocycles. The highest BCUT2D eigenvalue weighted by atomic mass is 16.5. The number of benzene rings is 1. The molecule has 0 unspecified atom stereocenters. The Bertz CT molecular complexity index is 430. The van der Waals surface area contributed by atoms with Crippen molar-refractivity contribution in [2.45, 2.75) is 32.7 Å². The van der Waals surface area contributed by atoms with Gasteiger partial charge in [0.25, 0.3) is 0 Å². The van der Waals surface area contributed by atoms with Crippen molar-refractivity contribution in [1.29, 1.82) is 0 Å². The normalized spacial score (nSPS) is 11.1. The Balaban J connectivity index is 2.88. The molecule has 5 nitrogen and oxygen atoms in total. The largest absolute Gasteiger partial charge is 0.491 e. The summed E-state index contributed by atoms with van der Waals surface area (Å²) in [4.78, 5) is 11.3. The lowest BCUT2D eigenvalue weighted by Gasteiger charge is -2.24. The van der Waals surface area contributed by atoms with E-state index in [0.29, 0.717) is 18.0 Å². The molecule has 5 N–H and O–H groups in total.